The standard InChI is InChI=1S/C20H23FN2O2/c1-15-3-2-4-17(13-15)20(24)22-14-19(23-9-11-25-12-10-23)16-5-7-18(21)8-6-16/h2-8,13,19H,9-12,14H2,1H3,(H,22,24)/t19-/m1/s1. The molecule has 1 heterocycles. The highest BCUT2D eigenvalue weighted by Crippen LogP contribution is 2.22. The Kier molecular flexibility index (Phi) is 5.79. The third-order valence-corrected chi connectivity index (χ3v) is 4.48. The molecule has 132 valence electrons. The van der Waals surface area contributed by atoms with Crippen LogP contribution >= 0.6 is 0 Å². The maximum Gasteiger partial charge on any atom is 0.251 e. The van der Waals surface area contributed by atoms with Gasteiger partial charge in [0.15, 0.2) is 0 Å². The van der Waals surface area contributed by atoms with Gasteiger partial charge in [-0.05, 0) is 36.8 Å². The number of ether oxygens (including phenoxy) is 1. The number of nitrogens with one attached hydrogen (secondary N) is 1. The van der Waals surface area contributed by atoms with Crippen LogP contribution in [0.15, 0.2) is 48.5 Å². The number of benzene rings is 2. The van der Waals surface area contributed by atoms with E-state index in [9.17, 15) is 9.18 Å². The zero-order valence-electron chi connectivity index (χ0n) is 14.4. The van der Waals surface area contributed by atoms with Gasteiger partial charge in [-0.1, -0.05) is 29.8 Å². The first-order valence-corrected chi connectivity index (χ1v) is 8.55. The van der Waals surface area contributed by atoms with Crippen LogP contribution < -0.4 is 5.32 Å². The van der Waals surface area contributed by atoms with Crippen molar-refractivity contribution in [1.29, 1.82) is 0 Å². The van der Waals surface area contributed by atoms with E-state index in [1.807, 2.05) is 31.2 Å². The highest BCUT2D eigenvalue weighted by Gasteiger charge is 2.23. The van der Waals surface area contributed by atoms with Crippen LogP contribution in [-0.2, 0) is 4.74 Å². The first-order valence-electron chi connectivity index (χ1n) is 8.55. The molecule has 0 bridgehead atoms. The average Bonchev–Trinajstić information content (AvgIpc) is 2.64. The summed E-state index contributed by atoms with van der Waals surface area (Å²) in [6.45, 7) is 5.36. The Bertz CT molecular complexity index is 712. The summed E-state index contributed by atoms with van der Waals surface area (Å²) in [5, 5.41) is 3.02. The SMILES string of the molecule is Cc1cccc(C(=O)NC[C@H](c2ccc(F)cc2)N2CCOCC2)c1. The first-order chi connectivity index (χ1) is 12.1. The van der Waals surface area contributed by atoms with E-state index in [2.05, 4.69) is 10.2 Å². The predicted octanol–water partition coefficient (Wildman–Crippen LogP) is 2.94. The molecule has 3 rings (SSSR count). The summed E-state index contributed by atoms with van der Waals surface area (Å²) >= 11 is 0. The van der Waals surface area contributed by atoms with E-state index in [1.54, 1.807) is 12.1 Å². The van der Waals surface area contributed by atoms with Crippen molar-refractivity contribution in [3.8, 4) is 0 Å². The lowest BCUT2D eigenvalue weighted by molar-refractivity contribution is 0.0162. The van der Waals surface area contributed by atoms with Crippen molar-refractivity contribution in [2.45, 2.75) is 13.0 Å². The Labute approximate surface area is 147 Å². The molecule has 1 fully saturated rings. The van der Waals surface area contributed by atoms with Crippen molar-refractivity contribution >= 4 is 5.91 Å². The van der Waals surface area contributed by atoms with Crippen LogP contribution in [0, 0.1) is 12.7 Å². The summed E-state index contributed by atoms with van der Waals surface area (Å²) in [7, 11) is 0. The number of amides is 1. The second-order valence-electron chi connectivity index (χ2n) is 6.30. The molecule has 1 N–H and O–H groups in total. The molecule has 5 heteroatoms. The van der Waals surface area contributed by atoms with Gasteiger partial charge in [-0.3, -0.25) is 9.69 Å². The molecule has 1 atom stereocenters. The number of halogens is 1. The zero-order valence-corrected chi connectivity index (χ0v) is 14.4. The Morgan fingerprint density at radius 1 is 1.20 bits per heavy atom. The van der Waals surface area contributed by atoms with Crippen LogP contribution in [-0.4, -0.2) is 43.7 Å². The minimum atomic E-state index is -0.256. The van der Waals surface area contributed by atoms with E-state index in [-0.39, 0.29) is 17.8 Å². The quantitative estimate of drug-likeness (QED) is 0.908. The highest BCUT2D eigenvalue weighted by molar-refractivity contribution is 5.94. The summed E-state index contributed by atoms with van der Waals surface area (Å²) in [4.78, 5) is 14.7. The van der Waals surface area contributed by atoms with E-state index in [0.29, 0.717) is 25.3 Å². The van der Waals surface area contributed by atoms with Gasteiger partial charge in [0.05, 0.1) is 19.3 Å². The van der Waals surface area contributed by atoms with Gasteiger partial charge >= 0.3 is 0 Å². The third-order valence-electron chi connectivity index (χ3n) is 4.48. The highest BCUT2D eigenvalue weighted by atomic mass is 19.1. The Balaban J connectivity index is 1.73. The molecule has 0 radical (unpaired) electrons. The van der Waals surface area contributed by atoms with Crippen LogP contribution in [0.3, 0.4) is 0 Å². The second-order valence-corrected chi connectivity index (χ2v) is 6.30. The lowest BCUT2D eigenvalue weighted by atomic mass is 10.0. The van der Waals surface area contributed by atoms with Crippen molar-refractivity contribution in [2.75, 3.05) is 32.8 Å². The van der Waals surface area contributed by atoms with Gasteiger partial charge in [0.2, 0.25) is 0 Å². The molecule has 4 nitrogen and oxygen atoms in total. The topological polar surface area (TPSA) is 41.6 Å². The van der Waals surface area contributed by atoms with Crippen LogP contribution in [0.4, 0.5) is 4.39 Å². The Morgan fingerprint density at radius 2 is 1.92 bits per heavy atom. The van der Waals surface area contributed by atoms with Crippen molar-refractivity contribution in [3.63, 3.8) is 0 Å². The number of morpholine rings is 1. The van der Waals surface area contributed by atoms with Crippen molar-refractivity contribution in [2.24, 2.45) is 0 Å². The maximum absolute atomic E-state index is 13.3. The summed E-state index contributed by atoms with van der Waals surface area (Å²) in [6.07, 6.45) is 0. The van der Waals surface area contributed by atoms with Gasteiger partial charge in [0.25, 0.3) is 5.91 Å². The fraction of sp³-hybridized carbons (Fsp3) is 0.350. The molecule has 0 saturated carbocycles. The fourth-order valence-electron chi connectivity index (χ4n) is 3.11. The summed E-state index contributed by atoms with van der Waals surface area (Å²) < 4.78 is 18.7. The van der Waals surface area contributed by atoms with Gasteiger partial charge in [0, 0.05) is 25.2 Å². The number of carbonyl (C=O) groups is 1. The molecule has 1 amide bonds. The van der Waals surface area contributed by atoms with E-state index < -0.39 is 0 Å². The molecule has 1 aliphatic rings. The zero-order chi connectivity index (χ0) is 17.6. The lowest BCUT2D eigenvalue weighted by Gasteiger charge is -2.35. The van der Waals surface area contributed by atoms with Crippen molar-refractivity contribution < 1.29 is 13.9 Å². The van der Waals surface area contributed by atoms with Crippen molar-refractivity contribution in [3.05, 3.63) is 71.0 Å². The molecule has 0 aliphatic carbocycles. The summed E-state index contributed by atoms with van der Waals surface area (Å²) in [5.74, 6) is -0.350. The minimum Gasteiger partial charge on any atom is -0.379 e. The van der Waals surface area contributed by atoms with E-state index in [0.717, 1.165) is 24.2 Å². The smallest absolute Gasteiger partial charge is 0.251 e. The second kappa shape index (κ2) is 8.23. The van der Waals surface area contributed by atoms with Gasteiger partial charge in [-0.15, -0.1) is 0 Å². The number of nitrogens with zero attached hydrogens (tertiary/aromatic N) is 1. The molecular weight excluding hydrogens is 319 g/mol. The maximum atomic E-state index is 13.3. The molecule has 1 saturated heterocycles. The molecule has 0 spiro atoms. The van der Waals surface area contributed by atoms with Gasteiger partial charge in [0.1, 0.15) is 5.82 Å². The van der Waals surface area contributed by atoms with Crippen molar-refractivity contribution in [1.82, 2.24) is 10.2 Å². The average molecular weight is 342 g/mol. The summed E-state index contributed by atoms with van der Waals surface area (Å²) in [6, 6.07) is 14.0. The summed E-state index contributed by atoms with van der Waals surface area (Å²) in [5.41, 5.74) is 2.70. The third kappa shape index (κ3) is 4.65. The molecule has 2 aromatic rings. The minimum absolute atomic E-state index is 0.00161. The molecule has 1 aliphatic heterocycles. The van der Waals surface area contributed by atoms with E-state index >= 15 is 0 Å². The van der Waals surface area contributed by atoms with E-state index in [1.165, 1.54) is 12.1 Å². The molecule has 0 unspecified atom stereocenters. The van der Waals surface area contributed by atoms with Crippen LogP contribution in [0.5, 0.6) is 0 Å². The number of hydrogen-bond donors (Lipinski definition) is 1. The monoisotopic (exact) mass is 342 g/mol. The molecule has 0 aromatic heterocycles. The van der Waals surface area contributed by atoms with Crippen LogP contribution in [0.1, 0.15) is 27.5 Å². The molecule has 2 aromatic carbocycles. The Hall–Kier alpha value is -2.24. The number of rotatable bonds is 5. The largest absolute Gasteiger partial charge is 0.379 e. The van der Waals surface area contributed by atoms with Crippen LogP contribution in [0.2, 0.25) is 0 Å². The fourth-order valence-corrected chi connectivity index (χ4v) is 3.11. The normalized spacial score (nSPS) is 16.4. The van der Waals surface area contributed by atoms with Gasteiger partial charge in [-0.25, -0.2) is 4.39 Å². The van der Waals surface area contributed by atoms with Crippen LogP contribution in [0.25, 0.3) is 0 Å². The molecule has 25 heavy (non-hydrogen) atoms. The number of aryl methyl sites for hydroxylation is 1. The predicted molar refractivity (Wildman–Crippen MR) is 95.0 cm³/mol. The first kappa shape index (κ1) is 17.6. The van der Waals surface area contributed by atoms with Gasteiger partial charge < -0.3 is 10.1 Å². The lowest BCUT2D eigenvalue weighted by Crippen LogP contribution is -2.43. The van der Waals surface area contributed by atoms with E-state index in [4.69, 9.17) is 4.74 Å². The Morgan fingerprint density at radius 3 is 2.60 bits per heavy atom. The van der Waals surface area contributed by atoms with Gasteiger partial charge in [-0.2, -0.15) is 0 Å². The molecular formula is C20H23FN2O2. The number of hydrogen-bond acceptors (Lipinski definition) is 3. The number of carbonyl (C=O) groups excluding carboxylic acids is 1.